The van der Waals surface area contributed by atoms with Gasteiger partial charge in [0.25, 0.3) is 0 Å². The molecule has 1 unspecified atom stereocenters. The highest BCUT2D eigenvalue weighted by molar-refractivity contribution is 5.79. The van der Waals surface area contributed by atoms with Gasteiger partial charge in [-0.1, -0.05) is 12.1 Å². The van der Waals surface area contributed by atoms with Crippen LogP contribution in [-0.2, 0) is 18.3 Å². The molecule has 7 heteroatoms. The summed E-state index contributed by atoms with van der Waals surface area (Å²) in [6, 6.07) is 10.7. The van der Waals surface area contributed by atoms with Crippen LogP contribution in [0, 0.1) is 0 Å². The van der Waals surface area contributed by atoms with E-state index in [1.54, 1.807) is 7.11 Å². The molecule has 1 aromatic heterocycles. The Balaban J connectivity index is 1.70. The lowest BCUT2D eigenvalue weighted by atomic mass is 10.0. The van der Waals surface area contributed by atoms with E-state index in [-0.39, 0.29) is 6.04 Å². The summed E-state index contributed by atoms with van der Waals surface area (Å²) in [7, 11) is 3.72. The molecule has 1 atom stereocenters. The number of aromatic nitrogens is 1. The highest BCUT2D eigenvalue weighted by Crippen LogP contribution is 2.23. The van der Waals surface area contributed by atoms with Crippen molar-refractivity contribution in [3.05, 3.63) is 53.9 Å². The number of ether oxygens (including phenoxy) is 2. The molecular weight excluding hydrogens is 366 g/mol. The summed E-state index contributed by atoms with van der Waals surface area (Å²) in [5.41, 5.74) is 2.46. The summed E-state index contributed by atoms with van der Waals surface area (Å²) >= 11 is 0. The zero-order valence-electron chi connectivity index (χ0n) is 17.7. The van der Waals surface area contributed by atoms with Crippen molar-refractivity contribution in [2.45, 2.75) is 19.5 Å². The number of benzene rings is 1. The van der Waals surface area contributed by atoms with Crippen LogP contribution < -0.4 is 15.4 Å². The number of nitrogens with one attached hydrogen (secondary N) is 2. The highest BCUT2D eigenvalue weighted by Gasteiger charge is 2.23. The van der Waals surface area contributed by atoms with E-state index in [0.717, 1.165) is 51.1 Å². The van der Waals surface area contributed by atoms with Gasteiger partial charge in [-0.2, -0.15) is 0 Å². The molecule has 2 aromatic rings. The molecule has 1 aromatic carbocycles. The van der Waals surface area contributed by atoms with Gasteiger partial charge < -0.3 is 24.7 Å². The Hall–Kier alpha value is -2.51. The summed E-state index contributed by atoms with van der Waals surface area (Å²) in [4.78, 5) is 7.22. The fourth-order valence-electron chi connectivity index (χ4n) is 3.53. The molecule has 3 rings (SSSR count). The van der Waals surface area contributed by atoms with E-state index < -0.39 is 0 Å². The number of aryl methyl sites for hydroxylation is 1. The third-order valence-electron chi connectivity index (χ3n) is 5.11. The summed E-state index contributed by atoms with van der Waals surface area (Å²) < 4.78 is 12.9. The maximum atomic E-state index is 5.56. The lowest BCUT2D eigenvalue weighted by Crippen LogP contribution is -2.46. The molecular formula is C22H33N5O2. The third kappa shape index (κ3) is 6.24. The molecule has 0 saturated carbocycles. The molecule has 7 nitrogen and oxygen atoms in total. The van der Waals surface area contributed by atoms with Crippen LogP contribution >= 0.6 is 0 Å². The highest BCUT2D eigenvalue weighted by atomic mass is 16.5. The molecule has 158 valence electrons. The van der Waals surface area contributed by atoms with Crippen LogP contribution in [0.1, 0.15) is 24.1 Å². The number of morpholine rings is 1. The monoisotopic (exact) mass is 399 g/mol. The largest absolute Gasteiger partial charge is 0.497 e. The molecule has 0 bridgehead atoms. The van der Waals surface area contributed by atoms with Crippen LogP contribution in [0.4, 0.5) is 0 Å². The fraction of sp³-hybridized carbons (Fsp3) is 0.500. The Morgan fingerprint density at radius 3 is 2.55 bits per heavy atom. The second-order valence-corrected chi connectivity index (χ2v) is 7.20. The average Bonchev–Trinajstić information content (AvgIpc) is 3.18. The van der Waals surface area contributed by atoms with Crippen molar-refractivity contribution in [2.24, 2.45) is 12.0 Å². The molecule has 1 aliphatic heterocycles. The van der Waals surface area contributed by atoms with Gasteiger partial charge >= 0.3 is 0 Å². The number of methoxy groups -OCH3 is 1. The maximum Gasteiger partial charge on any atom is 0.191 e. The Kier molecular flexibility index (Phi) is 7.95. The minimum Gasteiger partial charge on any atom is -0.497 e. The second kappa shape index (κ2) is 10.9. The quantitative estimate of drug-likeness (QED) is 0.526. The van der Waals surface area contributed by atoms with Gasteiger partial charge in [-0.3, -0.25) is 4.90 Å². The van der Waals surface area contributed by atoms with E-state index in [2.05, 4.69) is 46.9 Å². The zero-order valence-corrected chi connectivity index (χ0v) is 17.7. The third-order valence-corrected chi connectivity index (χ3v) is 5.11. The van der Waals surface area contributed by atoms with Crippen LogP contribution in [0.3, 0.4) is 0 Å². The summed E-state index contributed by atoms with van der Waals surface area (Å²) in [5.74, 6) is 1.71. The normalized spacial score (nSPS) is 16.4. The van der Waals surface area contributed by atoms with Crippen molar-refractivity contribution in [1.29, 1.82) is 0 Å². The smallest absolute Gasteiger partial charge is 0.191 e. The van der Waals surface area contributed by atoms with Crippen LogP contribution in [0.15, 0.2) is 47.7 Å². The molecule has 0 amide bonds. The molecule has 2 N–H and O–H groups in total. The van der Waals surface area contributed by atoms with E-state index >= 15 is 0 Å². The standard InChI is InChI=1S/C22H33N5O2/c1-4-23-22(24-15-18-9-10-26(2)17-18)25-16-21(27-11-13-29-14-12-27)19-5-7-20(28-3)8-6-19/h5-10,17,21H,4,11-16H2,1-3H3,(H2,23,24,25). The van der Waals surface area contributed by atoms with Gasteiger partial charge in [-0.25, -0.2) is 4.99 Å². The van der Waals surface area contributed by atoms with Crippen molar-refractivity contribution in [3.63, 3.8) is 0 Å². The number of nitrogens with zero attached hydrogens (tertiary/aromatic N) is 3. The minimum absolute atomic E-state index is 0.241. The van der Waals surface area contributed by atoms with E-state index in [1.807, 2.05) is 29.9 Å². The van der Waals surface area contributed by atoms with Crippen LogP contribution in [-0.4, -0.2) is 61.9 Å². The first kappa shape index (κ1) is 21.2. The fourth-order valence-corrected chi connectivity index (χ4v) is 3.53. The molecule has 1 fully saturated rings. The Labute approximate surface area is 173 Å². The van der Waals surface area contributed by atoms with Gasteiger partial charge in [0.2, 0.25) is 0 Å². The maximum absolute atomic E-state index is 5.56. The van der Waals surface area contributed by atoms with E-state index in [1.165, 1.54) is 11.1 Å². The van der Waals surface area contributed by atoms with Crippen molar-refractivity contribution in [3.8, 4) is 5.75 Å². The van der Waals surface area contributed by atoms with E-state index in [4.69, 9.17) is 14.5 Å². The molecule has 0 aliphatic carbocycles. The molecule has 0 radical (unpaired) electrons. The Bertz CT molecular complexity index is 766. The number of aliphatic imine (C=N–C) groups is 1. The molecule has 2 heterocycles. The van der Waals surface area contributed by atoms with Gasteiger partial charge in [-0.15, -0.1) is 0 Å². The van der Waals surface area contributed by atoms with E-state index in [0.29, 0.717) is 6.54 Å². The first-order valence-electron chi connectivity index (χ1n) is 10.3. The first-order chi connectivity index (χ1) is 14.2. The van der Waals surface area contributed by atoms with Gasteiger partial charge in [0.1, 0.15) is 5.75 Å². The lowest BCUT2D eigenvalue weighted by molar-refractivity contribution is 0.0170. The predicted octanol–water partition coefficient (Wildman–Crippen LogP) is 2.16. The molecule has 1 aliphatic rings. The Morgan fingerprint density at radius 1 is 1.17 bits per heavy atom. The second-order valence-electron chi connectivity index (χ2n) is 7.20. The topological polar surface area (TPSA) is 63.0 Å². The van der Waals surface area contributed by atoms with Gasteiger partial charge in [-0.05, 0) is 36.2 Å². The summed E-state index contributed by atoms with van der Waals surface area (Å²) in [6.45, 7) is 7.73. The van der Waals surface area contributed by atoms with Crippen molar-refractivity contribution < 1.29 is 9.47 Å². The van der Waals surface area contributed by atoms with Gasteiger partial charge in [0.15, 0.2) is 5.96 Å². The van der Waals surface area contributed by atoms with Crippen LogP contribution in [0.2, 0.25) is 0 Å². The van der Waals surface area contributed by atoms with Crippen molar-refractivity contribution in [1.82, 2.24) is 20.1 Å². The van der Waals surface area contributed by atoms with E-state index in [9.17, 15) is 0 Å². The first-order valence-corrected chi connectivity index (χ1v) is 10.3. The van der Waals surface area contributed by atoms with Gasteiger partial charge in [0.05, 0.1) is 32.9 Å². The van der Waals surface area contributed by atoms with Crippen molar-refractivity contribution in [2.75, 3.05) is 46.5 Å². The average molecular weight is 400 g/mol. The minimum atomic E-state index is 0.241. The molecule has 1 saturated heterocycles. The van der Waals surface area contributed by atoms with Gasteiger partial charge in [0, 0.05) is 45.6 Å². The number of hydrogen-bond acceptors (Lipinski definition) is 4. The zero-order chi connectivity index (χ0) is 20.5. The lowest BCUT2D eigenvalue weighted by Gasteiger charge is -2.35. The number of guanidine groups is 1. The summed E-state index contributed by atoms with van der Waals surface area (Å²) in [5, 5.41) is 6.90. The predicted molar refractivity (Wildman–Crippen MR) is 116 cm³/mol. The molecule has 29 heavy (non-hydrogen) atoms. The number of hydrogen-bond donors (Lipinski definition) is 2. The van der Waals surface area contributed by atoms with Crippen LogP contribution in [0.5, 0.6) is 5.75 Å². The molecule has 0 spiro atoms. The summed E-state index contributed by atoms with van der Waals surface area (Å²) in [6.07, 6.45) is 4.14. The number of rotatable bonds is 8. The van der Waals surface area contributed by atoms with Crippen LogP contribution in [0.25, 0.3) is 0 Å². The van der Waals surface area contributed by atoms with Crippen molar-refractivity contribution >= 4 is 5.96 Å². The SMILES string of the molecule is CCNC(=NCc1ccn(C)c1)NCC(c1ccc(OC)cc1)N1CCOCC1. The Morgan fingerprint density at radius 2 is 1.93 bits per heavy atom.